The minimum Gasteiger partial charge on any atom is -0.493 e. The van der Waals surface area contributed by atoms with Crippen LogP contribution in [0.1, 0.15) is 30.9 Å². The maximum atomic E-state index is 11.6. The second-order valence-electron chi connectivity index (χ2n) is 7.88. The predicted octanol–water partition coefficient (Wildman–Crippen LogP) is 4.10. The molecule has 0 saturated carbocycles. The van der Waals surface area contributed by atoms with Gasteiger partial charge in [0.2, 0.25) is 10.0 Å². The van der Waals surface area contributed by atoms with Gasteiger partial charge in [-0.3, -0.25) is 4.98 Å². The third kappa shape index (κ3) is 4.28. The molecule has 4 rings (SSSR count). The molecule has 2 heterocycles. The van der Waals surface area contributed by atoms with Crippen molar-refractivity contribution in [3.63, 3.8) is 0 Å². The second-order valence-corrected chi connectivity index (χ2v) is 9.45. The van der Waals surface area contributed by atoms with E-state index in [0.717, 1.165) is 47.1 Å². The number of nitrogens with two attached hydrogens (primary N) is 1. The van der Waals surface area contributed by atoms with Gasteiger partial charge >= 0.3 is 0 Å². The van der Waals surface area contributed by atoms with Crippen LogP contribution in [-0.2, 0) is 16.6 Å². The molecule has 2 N–H and O–H groups in total. The number of nitrogens with zero attached hydrogens (tertiary/aromatic N) is 2. The number of primary sulfonamides is 1. The van der Waals surface area contributed by atoms with Crippen LogP contribution in [0.15, 0.2) is 53.6 Å². The Hall–Kier alpha value is -3.10. The van der Waals surface area contributed by atoms with Gasteiger partial charge in [-0.25, -0.2) is 13.6 Å². The molecule has 1 aliphatic heterocycles. The lowest BCUT2D eigenvalue weighted by Crippen LogP contribution is -2.26. The number of hydrogen-bond donors (Lipinski definition) is 1. The zero-order valence-electron chi connectivity index (χ0n) is 18.5. The molecule has 7 nitrogen and oxygen atoms in total. The topological polar surface area (TPSA) is 94.8 Å². The molecule has 3 aromatic rings. The lowest BCUT2D eigenvalue weighted by Gasteiger charge is -2.30. The molecule has 1 aromatic heterocycles. The van der Waals surface area contributed by atoms with Crippen molar-refractivity contribution in [2.24, 2.45) is 5.14 Å². The molecule has 0 atom stereocenters. The van der Waals surface area contributed by atoms with E-state index in [2.05, 4.69) is 17.9 Å². The summed E-state index contributed by atoms with van der Waals surface area (Å²) in [6.07, 6.45) is 6.16. The van der Waals surface area contributed by atoms with E-state index in [1.165, 1.54) is 5.57 Å². The average molecular weight is 454 g/mol. The summed E-state index contributed by atoms with van der Waals surface area (Å²) in [5.41, 5.74) is 5.16. The number of aromatic nitrogens is 1. The van der Waals surface area contributed by atoms with Crippen LogP contribution in [0, 0.1) is 0 Å². The number of pyridine rings is 1. The maximum absolute atomic E-state index is 11.6. The third-order valence-electron chi connectivity index (χ3n) is 5.79. The van der Waals surface area contributed by atoms with Crippen LogP contribution in [0.3, 0.4) is 0 Å². The van der Waals surface area contributed by atoms with E-state index in [9.17, 15) is 8.42 Å². The number of benzene rings is 2. The fraction of sp³-hybridized carbons (Fsp3) is 0.292. The van der Waals surface area contributed by atoms with Crippen LogP contribution in [0.2, 0.25) is 0 Å². The van der Waals surface area contributed by atoms with Crippen molar-refractivity contribution in [2.75, 3.05) is 25.7 Å². The quantitative estimate of drug-likeness (QED) is 0.625. The van der Waals surface area contributed by atoms with E-state index in [-0.39, 0.29) is 4.90 Å². The molecule has 0 bridgehead atoms. The fourth-order valence-electron chi connectivity index (χ4n) is 4.12. The van der Waals surface area contributed by atoms with Crippen molar-refractivity contribution in [1.82, 2.24) is 4.98 Å². The predicted molar refractivity (Wildman–Crippen MR) is 127 cm³/mol. The highest BCUT2D eigenvalue weighted by Gasteiger charge is 2.21. The summed E-state index contributed by atoms with van der Waals surface area (Å²) in [4.78, 5) is 7.14. The van der Waals surface area contributed by atoms with Gasteiger partial charge in [0.25, 0.3) is 0 Å². The minimum atomic E-state index is -3.72. The van der Waals surface area contributed by atoms with E-state index < -0.39 is 10.0 Å². The molecule has 0 fully saturated rings. The highest BCUT2D eigenvalue weighted by molar-refractivity contribution is 7.89. The van der Waals surface area contributed by atoms with E-state index in [1.807, 2.05) is 30.5 Å². The smallest absolute Gasteiger partial charge is 0.238 e. The normalized spacial score (nSPS) is 16.0. The first-order valence-corrected chi connectivity index (χ1v) is 11.9. The van der Waals surface area contributed by atoms with Gasteiger partial charge in [-0.1, -0.05) is 18.2 Å². The molecule has 0 radical (unpaired) electrons. The summed E-state index contributed by atoms with van der Waals surface area (Å²) in [7, 11) is -0.480. The Morgan fingerprint density at radius 3 is 2.44 bits per heavy atom. The minimum absolute atomic E-state index is 0.111. The summed E-state index contributed by atoms with van der Waals surface area (Å²) < 4.78 is 34.2. The second kappa shape index (κ2) is 8.80. The Morgan fingerprint density at radius 2 is 1.78 bits per heavy atom. The lowest BCUT2D eigenvalue weighted by molar-refractivity contribution is 0.356. The molecule has 2 aromatic carbocycles. The molecule has 0 saturated heterocycles. The number of sulfonamides is 1. The van der Waals surface area contributed by atoms with Crippen molar-refractivity contribution in [1.29, 1.82) is 0 Å². The van der Waals surface area contributed by atoms with E-state index in [4.69, 9.17) is 19.6 Å². The number of anilines is 1. The van der Waals surface area contributed by atoms with Crippen molar-refractivity contribution in [3.05, 3.63) is 59.8 Å². The van der Waals surface area contributed by atoms with E-state index in [0.29, 0.717) is 18.0 Å². The van der Waals surface area contributed by atoms with Gasteiger partial charge in [0.1, 0.15) is 0 Å². The summed E-state index contributed by atoms with van der Waals surface area (Å²) in [5, 5.41) is 6.23. The summed E-state index contributed by atoms with van der Waals surface area (Å²) >= 11 is 0. The van der Waals surface area contributed by atoms with Crippen LogP contribution in [-0.4, -0.2) is 34.2 Å². The molecular formula is C24H27N3O4S. The molecule has 32 heavy (non-hydrogen) atoms. The average Bonchev–Trinajstić information content (AvgIpc) is 2.77. The van der Waals surface area contributed by atoms with Crippen molar-refractivity contribution in [3.8, 4) is 11.5 Å². The summed E-state index contributed by atoms with van der Waals surface area (Å²) in [6.45, 7) is 3.58. The Labute approximate surface area is 188 Å². The first kappa shape index (κ1) is 22.1. The highest BCUT2D eigenvalue weighted by Crippen LogP contribution is 2.40. The van der Waals surface area contributed by atoms with Gasteiger partial charge in [0, 0.05) is 36.3 Å². The molecule has 8 heteroatoms. The van der Waals surface area contributed by atoms with E-state index >= 15 is 0 Å². The number of rotatable bonds is 5. The van der Waals surface area contributed by atoms with Crippen LogP contribution >= 0.6 is 0 Å². The van der Waals surface area contributed by atoms with Gasteiger partial charge in [-0.2, -0.15) is 0 Å². The molecular weight excluding hydrogens is 426 g/mol. The Bertz CT molecular complexity index is 1280. The Balaban J connectivity index is 1.85. The molecule has 1 aliphatic rings. The first-order chi connectivity index (χ1) is 15.3. The lowest BCUT2D eigenvalue weighted by atomic mass is 9.98. The van der Waals surface area contributed by atoms with Gasteiger partial charge in [0.05, 0.1) is 30.3 Å². The molecule has 0 aliphatic carbocycles. The zero-order chi connectivity index (χ0) is 22.9. The van der Waals surface area contributed by atoms with Crippen LogP contribution < -0.4 is 19.5 Å². The maximum Gasteiger partial charge on any atom is 0.238 e. The summed E-state index contributed by atoms with van der Waals surface area (Å²) in [5.74, 6) is 1.28. The first-order valence-electron chi connectivity index (χ1n) is 10.4. The largest absolute Gasteiger partial charge is 0.493 e. The van der Waals surface area contributed by atoms with Crippen LogP contribution in [0.25, 0.3) is 16.5 Å². The van der Waals surface area contributed by atoms with Gasteiger partial charge in [-0.05, 0) is 49.1 Å². The van der Waals surface area contributed by atoms with Crippen LogP contribution in [0.4, 0.5) is 5.69 Å². The monoisotopic (exact) mass is 453 g/mol. The molecule has 0 spiro atoms. The number of allylic oxidation sites excluding steroid dienone is 2. The number of fused-ring (bicyclic) bond motifs is 3. The van der Waals surface area contributed by atoms with Crippen molar-refractivity contribution >= 4 is 32.2 Å². The number of methoxy groups -OCH3 is 2. The van der Waals surface area contributed by atoms with Gasteiger partial charge < -0.3 is 14.4 Å². The van der Waals surface area contributed by atoms with Crippen molar-refractivity contribution in [2.45, 2.75) is 31.2 Å². The van der Waals surface area contributed by atoms with Gasteiger partial charge in [0.15, 0.2) is 11.5 Å². The van der Waals surface area contributed by atoms with E-state index in [1.54, 1.807) is 26.4 Å². The summed E-state index contributed by atoms with van der Waals surface area (Å²) in [6, 6.07) is 10.6. The third-order valence-corrected chi connectivity index (χ3v) is 6.72. The standard InChI is InChI=1S/C24H27N3O4S/c1-16-6-4-5-11-27(15-17-7-9-18(10-8-17)32(25,28)29)24-19-12-22(30-2)23(31-3)13-21(19)26-14-20(16)24/h6-10,12-14H,4-5,11,15H2,1-3H3,(H2,25,28,29)/b16-6+. The number of hydrogen-bond acceptors (Lipinski definition) is 6. The Kier molecular flexibility index (Phi) is 6.08. The molecule has 0 amide bonds. The zero-order valence-corrected chi connectivity index (χ0v) is 19.3. The van der Waals surface area contributed by atoms with Crippen molar-refractivity contribution < 1.29 is 17.9 Å². The SMILES string of the molecule is COc1cc2ncc3c(c2cc1OC)N(Cc1ccc(S(N)(=O)=O)cc1)CCC/C=C/3C. The van der Waals surface area contributed by atoms with Crippen LogP contribution in [0.5, 0.6) is 11.5 Å². The Morgan fingerprint density at radius 1 is 1.09 bits per heavy atom. The van der Waals surface area contributed by atoms with Gasteiger partial charge in [-0.15, -0.1) is 0 Å². The number of ether oxygens (including phenoxy) is 2. The molecule has 0 unspecified atom stereocenters. The highest BCUT2D eigenvalue weighted by atomic mass is 32.2. The molecule has 168 valence electrons. The fourth-order valence-corrected chi connectivity index (χ4v) is 4.64.